The minimum atomic E-state index is 0.813. The molecule has 0 amide bonds. The van der Waals surface area contributed by atoms with Crippen LogP contribution in [0.4, 0.5) is 0 Å². The number of thiophene rings is 2. The molecule has 0 atom stereocenters. The quantitative estimate of drug-likeness (QED) is 0.670. The highest BCUT2D eigenvalue weighted by molar-refractivity contribution is 7.12. The smallest absolute Gasteiger partial charge is 0.160 e. The van der Waals surface area contributed by atoms with Crippen LogP contribution in [0.1, 0.15) is 9.67 Å². The van der Waals surface area contributed by atoms with Crippen molar-refractivity contribution in [3.05, 3.63) is 33.2 Å². The average molecular weight is 194 g/mol. The highest BCUT2D eigenvalue weighted by Crippen LogP contribution is 2.28. The molecule has 3 heteroatoms. The molecule has 2 heterocycles. The van der Waals surface area contributed by atoms with Gasteiger partial charge >= 0.3 is 0 Å². The lowest BCUT2D eigenvalue weighted by atomic mass is 10.1. The van der Waals surface area contributed by atoms with Crippen molar-refractivity contribution in [2.45, 2.75) is 0 Å². The zero-order chi connectivity index (χ0) is 8.39. The minimum Gasteiger partial charge on any atom is -0.297 e. The third-order valence-electron chi connectivity index (χ3n) is 1.63. The van der Waals surface area contributed by atoms with Crippen molar-refractivity contribution < 1.29 is 4.79 Å². The van der Waals surface area contributed by atoms with Crippen LogP contribution in [-0.2, 0) is 0 Å². The Morgan fingerprint density at radius 3 is 2.83 bits per heavy atom. The van der Waals surface area contributed by atoms with E-state index < -0.39 is 0 Å². The molecule has 2 rings (SSSR count). The maximum atomic E-state index is 10.6. The van der Waals surface area contributed by atoms with Gasteiger partial charge in [0.1, 0.15) is 0 Å². The Labute approximate surface area is 78.3 Å². The number of rotatable bonds is 2. The van der Waals surface area contributed by atoms with Crippen molar-refractivity contribution in [3.63, 3.8) is 0 Å². The lowest BCUT2D eigenvalue weighted by Gasteiger charge is -1.91. The predicted molar refractivity (Wildman–Crippen MR) is 53.0 cm³/mol. The van der Waals surface area contributed by atoms with E-state index in [0.717, 1.165) is 22.3 Å². The van der Waals surface area contributed by atoms with Crippen molar-refractivity contribution in [2.24, 2.45) is 0 Å². The summed E-state index contributed by atoms with van der Waals surface area (Å²) in [6.45, 7) is 0. The van der Waals surface area contributed by atoms with Gasteiger partial charge in [-0.05, 0) is 33.8 Å². The normalized spacial score (nSPS) is 10.0. The van der Waals surface area contributed by atoms with E-state index in [2.05, 4.69) is 5.38 Å². The van der Waals surface area contributed by atoms with Crippen LogP contribution in [0.3, 0.4) is 0 Å². The maximum absolute atomic E-state index is 10.6. The first-order valence-electron chi connectivity index (χ1n) is 3.47. The van der Waals surface area contributed by atoms with E-state index in [0.29, 0.717) is 0 Å². The zero-order valence-electron chi connectivity index (χ0n) is 6.19. The van der Waals surface area contributed by atoms with Gasteiger partial charge in [-0.15, -0.1) is 11.3 Å². The monoisotopic (exact) mass is 194 g/mol. The standard InChI is InChI=1S/C9H6OS2/c10-5-9-8(2-4-12-9)7-1-3-11-6-7/h1-6H. The number of carbonyl (C=O) groups is 1. The fraction of sp³-hybridized carbons (Fsp3) is 0. The molecule has 0 N–H and O–H groups in total. The molecular formula is C9H6OS2. The van der Waals surface area contributed by atoms with Crippen molar-refractivity contribution in [3.8, 4) is 11.1 Å². The van der Waals surface area contributed by atoms with E-state index >= 15 is 0 Å². The van der Waals surface area contributed by atoms with Gasteiger partial charge < -0.3 is 0 Å². The highest BCUT2D eigenvalue weighted by atomic mass is 32.1. The molecule has 0 spiro atoms. The van der Waals surface area contributed by atoms with Crippen LogP contribution in [-0.4, -0.2) is 6.29 Å². The predicted octanol–water partition coefficient (Wildman–Crippen LogP) is 3.29. The lowest BCUT2D eigenvalue weighted by Crippen LogP contribution is -1.75. The molecule has 0 aliphatic rings. The molecule has 0 saturated carbocycles. The van der Waals surface area contributed by atoms with E-state index in [-0.39, 0.29) is 0 Å². The van der Waals surface area contributed by atoms with Crippen molar-refractivity contribution >= 4 is 29.0 Å². The van der Waals surface area contributed by atoms with Gasteiger partial charge in [-0.3, -0.25) is 4.79 Å². The SMILES string of the molecule is O=Cc1sccc1-c1ccsc1. The first kappa shape index (κ1) is 7.71. The van der Waals surface area contributed by atoms with E-state index in [1.807, 2.05) is 22.9 Å². The molecular weight excluding hydrogens is 188 g/mol. The van der Waals surface area contributed by atoms with E-state index in [1.54, 1.807) is 11.3 Å². The molecule has 60 valence electrons. The van der Waals surface area contributed by atoms with Gasteiger partial charge in [0, 0.05) is 5.56 Å². The number of hydrogen-bond donors (Lipinski definition) is 0. The van der Waals surface area contributed by atoms with Gasteiger partial charge in [-0.1, -0.05) is 0 Å². The summed E-state index contributed by atoms with van der Waals surface area (Å²) < 4.78 is 0. The summed E-state index contributed by atoms with van der Waals surface area (Å²) in [6.07, 6.45) is 0.914. The maximum Gasteiger partial charge on any atom is 0.160 e. The molecule has 1 nitrogen and oxygen atoms in total. The van der Waals surface area contributed by atoms with E-state index in [4.69, 9.17) is 0 Å². The summed E-state index contributed by atoms with van der Waals surface area (Å²) in [5.41, 5.74) is 2.19. The second kappa shape index (κ2) is 3.21. The topological polar surface area (TPSA) is 17.1 Å². The minimum absolute atomic E-state index is 0.813. The number of carbonyl (C=O) groups excluding carboxylic acids is 1. The Balaban J connectivity index is 2.53. The summed E-state index contributed by atoms with van der Waals surface area (Å²) in [5, 5.41) is 6.01. The molecule has 0 saturated heterocycles. The Bertz CT molecular complexity index is 373. The van der Waals surface area contributed by atoms with Crippen LogP contribution in [0, 0.1) is 0 Å². The molecule has 0 aromatic carbocycles. The van der Waals surface area contributed by atoms with Crippen LogP contribution >= 0.6 is 22.7 Å². The van der Waals surface area contributed by atoms with Gasteiger partial charge in [-0.25, -0.2) is 0 Å². The van der Waals surface area contributed by atoms with Crippen LogP contribution in [0.5, 0.6) is 0 Å². The molecule has 0 fully saturated rings. The molecule has 0 aliphatic heterocycles. The van der Waals surface area contributed by atoms with Gasteiger partial charge in [0.15, 0.2) is 6.29 Å². The Morgan fingerprint density at radius 1 is 1.25 bits per heavy atom. The Morgan fingerprint density at radius 2 is 2.17 bits per heavy atom. The van der Waals surface area contributed by atoms with Crippen molar-refractivity contribution in [1.29, 1.82) is 0 Å². The van der Waals surface area contributed by atoms with Crippen LogP contribution < -0.4 is 0 Å². The molecule has 0 bridgehead atoms. The third-order valence-corrected chi connectivity index (χ3v) is 3.16. The zero-order valence-corrected chi connectivity index (χ0v) is 7.82. The third kappa shape index (κ3) is 1.21. The molecule has 0 unspecified atom stereocenters. The highest BCUT2D eigenvalue weighted by Gasteiger charge is 2.04. The molecule has 0 radical (unpaired) electrons. The first-order valence-corrected chi connectivity index (χ1v) is 5.29. The Kier molecular flexibility index (Phi) is 2.06. The van der Waals surface area contributed by atoms with Gasteiger partial charge in [0.2, 0.25) is 0 Å². The van der Waals surface area contributed by atoms with Crippen LogP contribution in [0.25, 0.3) is 11.1 Å². The van der Waals surface area contributed by atoms with Gasteiger partial charge in [0.25, 0.3) is 0 Å². The molecule has 2 aromatic rings. The Hall–Kier alpha value is -0.930. The van der Waals surface area contributed by atoms with Gasteiger partial charge in [-0.2, -0.15) is 11.3 Å². The largest absolute Gasteiger partial charge is 0.297 e. The second-order valence-corrected chi connectivity index (χ2v) is 4.06. The lowest BCUT2D eigenvalue weighted by molar-refractivity contribution is 0.112. The first-order chi connectivity index (χ1) is 5.92. The average Bonchev–Trinajstić information content (AvgIpc) is 2.74. The second-order valence-electron chi connectivity index (χ2n) is 2.33. The fourth-order valence-electron chi connectivity index (χ4n) is 1.07. The molecule has 0 aliphatic carbocycles. The summed E-state index contributed by atoms with van der Waals surface area (Å²) in [7, 11) is 0. The summed E-state index contributed by atoms with van der Waals surface area (Å²) >= 11 is 3.13. The molecule has 2 aromatic heterocycles. The van der Waals surface area contributed by atoms with E-state index in [1.165, 1.54) is 11.3 Å². The van der Waals surface area contributed by atoms with E-state index in [9.17, 15) is 4.79 Å². The summed E-state index contributed by atoms with van der Waals surface area (Å²) in [4.78, 5) is 11.4. The molecule has 12 heavy (non-hydrogen) atoms. The number of hydrogen-bond acceptors (Lipinski definition) is 3. The fourth-order valence-corrected chi connectivity index (χ4v) is 2.44. The van der Waals surface area contributed by atoms with Crippen molar-refractivity contribution in [2.75, 3.05) is 0 Å². The van der Waals surface area contributed by atoms with Crippen LogP contribution in [0.2, 0.25) is 0 Å². The summed E-state index contributed by atoms with van der Waals surface area (Å²) in [6, 6.07) is 4.01. The number of aldehydes is 1. The van der Waals surface area contributed by atoms with Crippen LogP contribution in [0.15, 0.2) is 28.3 Å². The van der Waals surface area contributed by atoms with Gasteiger partial charge in [0.05, 0.1) is 4.88 Å². The summed E-state index contributed by atoms with van der Waals surface area (Å²) in [5.74, 6) is 0. The van der Waals surface area contributed by atoms with Crippen molar-refractivity contribution in [1.82, 2.24) is 0 Å².